The summed E-state index contributed by atoms with van der Waals surface area (Å²) in [4.78, 5) is 27.2. The van der Waals surface area contributed by atoms with Crippen LogP contribution in [0.5, 0.6) is 0 Å². The molecule has 0 saturated carbocycles. The molecule has 0 radical (unpaired) electrons. The average molecular weight is 448 g/mol. The molecular weight excluding hydrogens is 422 g/mol. The van der Waals surface area contributed by atoms with E-state index in [1.54, 1.807) is 6.92 Å². The summed E-state index contributed by atoms with van der Waals surface area (Å²) < 4.78 is 7.10. The zero-order chi connectivity index (χ0) is 22.0. The first-order valence-corrected chi connectivity index (χ1v) is 11.2. The van der Waals surface area contributed by atoms with Crippen LogP contribution in [0, 0.1) is 11.8 Å². The number of ether oxygens (including phenoxy) is 1. The molecule has 2 aliphatic heterocycles. The molecule has 0 spiro atoms. The van der Waals surface area contributed by atoms with E-state index < -0.39 is 30.4 Å². The summed E-state index contributed by atoms with van der Waals surface area (Å²) in [5.74, 6) is 8.09. The SMILES string of the molecule is CCNC(=O)[C@H]1O[C@@H](n2cnc3c(N)nc(C#CCN4CCSCC4)nc32)[C@H](O)[C@@H]1O. The van der Waals surface area contributed by atoms with Crippen molar-refractivity contribution < 1.29 is 19.7 Å². The zero-order valence-electron chi connectivity index (χ0n) is 17.1. The van der Waals surface area contributed by atoms with Gasteiger partial charge in [-0.25, -0.2) is 15.0 Å². The average Bonchev–Trinajstić information content (AvgIpc) is 3.31. The summed E-state index contributed by atoms with van der Waals surface area (Å²) >= 11 is 1.94. The van der Waals surface area contributed by atoms with Crippen molar-refractivity contribution in [1.29, 1.82) is 0 Å². The number of nitrogens with one attached hydrogen (secondary N) is 1. The van der Waals surface area contributed by atoms with Gasteiger partial charge in [0.05, 0.1) is 12.9 Å². The molecular formula is C19H25N7O4S. The maximum Gasteiger partial charge on any atom is 0.252 e. The number of carbonyl (C=O) groups excluding carboxylic acids is 1. The molecule has 0 unspecified atom stereocenters. The first-order valence-electron chi connectivity index (χ1n) is 10.1. The lowest BCUT2D eigenvalue weighted by Gasteiger charge is -2.23. The third-order valence-corrected chi connectivity index (χ3v) is 6.12. The van der Waals surface area contributed by atoms with Crippen LogP contribution in [0.4, 0.5) is 5.82 Å². The molecule has 166 valence electrons. The number of imidazole rings is 1. The van der Waals surface area contributed by atoms with E-state index in [0.29, 0.717) is 24.3 Å². The minimum Gasteiger partial charge on any atom is -0.387 e. The summed E-state index contributed by atoms with van der Waals surface area (Å²) in [6.07, 6.45) is -3.63. The van der Waals surface area contributed by atoms with Gasteiger partial charge in [-0.3, -0.25) is 14.3 Å². The van der Waals surface area contributed by atoms with E-state index in [4.69, 9.17) is 10.5 Å². The quantitative estimate of drug-likeness (QED) is 0.410. The second-order valence-electron chi connectivity index (χ2n) is 7.27. The van der Waals surface area contributed by atoms with Crippen LogP contribution in [0.15, 0.2) is 6.33 Å². The van der Waals surface area contributed by atoms with Crippen molar-refractivity contribution in [3.63, 3.8) is 0 Å². The van der Waals surface area contributed by atoms with Crippen LogP contribution in [-0.2, 0) is 9.53 Å². The van der Waals surface area contributed by atoms with Gasteiger partial charge in [0.25, 0.3) is 5.91 Å². The fourth-order valence-electron chi connectivity index (χ4n) is 3.55. The summed E-state index contributed by atoms with van der Waals surface area (Å²) in [5, 5.41) is 23.4. The summed E-state index contributed by atoms with van der Waals surface area (Å²) in [6.45, 7) is 4.75. The number of anilines is 1. The molecule has 1 amide bonds. The molecule has 4 heterocycles. The number of aromatic nitrogens is 4. The largest absolute Gasteiger partial charge is 0.387 e. The van der Waals surface area contributed by atoms with Crippen molar-refractivity contribution >= 4 is 34.7 Å². The van der Waals surface area contributed by atoms with Crippen molar-refractivity contribution in [3.8, 4) is 11.8 Å². The van der Waals surface area contributed by atoms with E-state index in [-0.39, 0.29) is 11.6 Å². The van der Waals surface area contributed by atoms with E-state index in [0.717, 1.165) is 24.6 Å². The van der Waals surface area contributed by atoms with E-state index in [1.165, 1.54) is 10.9 Å². The summed E-state index contributed by atoms with van der Waals surface area (Å²) in [7, 11) is 0. The van der Waals surface area contributed by atoms with Gasteiger partial charge in [-0.2, -0.15) is 11.8 Å². The number of carbonyl (C=O) groups is 1. The predicted molar refractivity (Wildman–Crippen MR) is 115 cm³/mol. The van der Waals surface area contributed by atoms with Gasteiger partial charge in [0.2, 0.25) is 5.82 Å². The third-order valence-electron chi connectivity index (χ3n) is 5.18. The molecule has 12 heteroatoms. The number of aliphatic hydroxyl groups is 2. The molecule has 2 aromatic heterocycles. The van der Waals surface area contributed by atoms with Crippen LogP contribution in [0.2, 0.25) is 0 Å². The summed E-state index contributed by atoms with van der Waals surface area (Å²) in [5.41, 5.74) is 6.66. The Morgan fingerprint density at radius 2 is 2.13 bits per heavy atom. The fraction of sp³-hybridized carbons (Fsp3) is 0.579. The molecule has 2 aromatic rings. The Balaban J connectivity index is 1.58. The summed E-state index contributed by atoms with van der Waals surface area (Å²) in [6, 6.07) is 0. The minimum atomic E-state index is -1.39. The molecule has 0 aliphatic carbocycles. The Morgan fingerprint density at radius 1 is 1.35 bits per heavy atom. The lowest BCUT2D eigenvalue weighted by Crippen LogP contribution is -2.42. The van der Waals surface area contributed by atoms with Crippen LogP contribution < -0.4 is 11.1 Å². The second-order valence-corrected chi connectivity index (χ2v) is 8.49. The van der Waals surface area contributed by atoms with E-state index >= 15 is 0 Å². The highest BCUT2D eigenvalue weighted by molar-refractivity contribution is 7.99. The lowest BCUT2D eigenvalue weighted by atomic mass is 10.1. The van der Waals surface area contributed by atoms with Gasteiger partial charge in [0.1, 0.15) is 17.7 Å². The molecule has 11 nitrogen and oxygen atoms in total. The van der Waals surface area contributed by atoms with Gasteiger partial charge in [-0.05, 0) is 12.8 Å². The van der Waals surface area contributed by atoms with Gasteiger partial charge >= 0.3 is 0 Å². The van der Waals surface area contributed by atoms with E-state index in [9.17, 15) is 15.0 Å². The smallest absolute Gasteiger partial charge is 0.252 e. The van der Waals surface area contributed by atoms with E-state index in [1.807, 2.05) is 11.8 Å². The highest BCUT2D eigenvalue weighted by Crippen LogP contribution is 2.32. The molecule has 2 saturated heterocycles. The van der Waals surface area contributed by atoms with Crippen LogP contribution in [-0.4, -0.2) is 96.5 Å². The van der Waals surface area contributed by atoms with E-state index in [2.05, 4.69) is 37.0 Å². The van der Waals surface area contributed by atoms with Gasteiger partial charge in [-0.1, -0.05) is 5.92 Å². The maximum atomic E-state index is 12.1. The van der Waals surface area contributed by atoms with Crippen LogP contribution in [0.3, 0.4) is 0 Å². The van der Waals surface area contributed by atoms with Crippen LogP contribution in [0.25, 0.3) is 11.2 Å². The normalized spacial score (nSPS) is 26.5. The number of rotatable bonds is 4. The monoisotopic (exact) mass is 447 g/mol. The first-order chi connectivity index (χ1) is 15.0. The molecule has 2 fully saturated rings. The molecule has 4 atom stereocenters. The number of amides is 1. The number of hydrogen-bond donors (Lipinski definition) is 4. The molecule has 5 N–H and O–H groups in total. The van der Waals surface area contributed by atoms with Crippen molar-refractivity contribution in [3.05, 3.63) is 12.2 Å². The third kappa shape index (κ3) is 4.46. The Bertz CT molecular complexity index is 1010. The number of fused-ring (bicyclic) bond motifs is 1. The lowest BCUT2D eigenvalue weighted by molar-refractivity contribution is -0.137. The van der Waals surface area contributed by atoms with Crippen molar-refractivity contribution in [2.75, 3.05) is 43.4 Å². The molecule has 0 bridgehead atoms. The van der Waals surface area contributed by atoms with Gasteiger partial charge in [0.15, 0.2) is 23.8 Å². The standard InChI is InChI=1S/C19H25N7O4S/c1-2-21-18(29)15-13(27)14(28)19(30-15)26-10-22-12-16(20)23-11(24-17(12)26)4-3-5-25-6-8-31-9-7-25/h10,13-15,19,27-28H,2,5-9H2,1H3,(H,21,29)(H2,20,23,24)/t13-,14+,15-,19+/m0/s1. The number of likely N-dealkylation sites (N-methyl/N-ethyl adjacent to an activating group) is 1. The van der Waals surface area contributed by atoms with Gasteiger partial charge in [0, 0.05) is 31.1 Å². The molecule has 2 aliphatic rings. The van der Waals surface area contributed by atoms with Crippen LogP contribution in [0.1, 0.15) is 19.0 Å². The van der Waals surface area contributed by atoms with Crippen molar-refractivity contribution in [1.82, 2.24) is 29.7 Å². The molecule has 0 aromatic carbocycles. The zero-order valence-corrected chi connectivity index (χ0v) is 17.9. The molecule has 4 rings (SSSR count). The number of thioether (sulfide) groups is 1. The Morgan fingerprint density at radius 3 is 2.87 bits per heavy atom. The molecule has 31 heavy (non-hydrogen) atoms. The Kier molecular flexibility index (Phi) is 6.59. The predicted octanol–water partition coefficient (Wildman–Crippen LogP) is -1.44. The van der Waals surface area contributed by atoms with Crippen molar-refractivity contribution in [2.24, 2.45) is 0 Å². The Hall–Kier alpha value is -2.43. The maximum absolute atomic E-state index is 12.1. The van der Waals surface area contributed by atoms with Gasteiger partial charge < -0.3 is 26.0 Å². The fourth-order valence-corrected chi connectivity index (χ4v) is 4.53. The van der Waals surface area contributed by atoms with Crippen LogP contribution >= 0.6 is 11.8 Å². The minimum absolute atomic E-state index is 0.149. The number of nitrogens with zero attached hydrogens (tertiary/aromatic N) is 5. The number of nitrogens with two attached hydrogens (primary N) is 1. The highest BCUT2D eigenvalue weighted by Gasteiger charge is 2.47. The number of aliphatic hydroxyl groups excluding tert-OH is 2. The highest BCUT2D eigenvalue weighted by atomic mass is 32.2. The first kappa shape index (κ1) is 21.8. The second kappa shape index (κ2) is 9.37. The van der Waals surface area contributed by atoms with Crippen molar-refractivity contribution in [2.45, 2.75) is 31.5 Å². The topological polar surface area (TPSA) is 152 Å². The Labute approximate surface area is 183 Å². The number of hydrogen-bond acceptors (Lipinski definition) is 10. The van der Waals surface area contributed by atoms with Gasteiger partial charge in [-0.15, -0.1) is 0 Å². The number of nitrogen functional groups attached to an aromatic ring is 1.